The van der Waals surface area contributed by atoms with Crippen molar-refractivity contribution in [1.29, 1.82) is 0 Å². The van der Waals surface area contributed by atoms with Crippen molar-refractivity contribution < 1.29 is 19.8 Å². The highest BCUT2D eigenvalue weighted by molar-refractivity contribution is 9.10. The molecule has 1 aromatic heterocycles. The molecule has 0 aliphatic heterocycles. The SMILES string of the molecule is O=C(CCc1ccc(Br)cc1)On1c(O)ccc1O. The van der Waals surface area contributed by atoms with Gasteiger partial charge in [-0.15, -0.1) is 4.73 Å². The second kappa shape index (κ2) is 5.79. The van der Waals surface area contributed by atoms with Crippen molar-refractivity contribution in [3.63, 3.8) is 0 Å². The van der Waals surface area contributed by atoms with Gasteiger partial charge in [-0.1, -0.05) is 28.1 Å². The average Bonchev–Trinajstić information content (AvgIpc) is 2.70. The molecule has 1 aromatic carbocycles. The molecule has 0 amide bonds. The van der Waals surface area contributed by atoms with Crippen LogP contribution in [0.2, 0.25) is 0 Å². The maximum Gasteiger partial charge on any atom is 0.333 e. The van der Waals surface area contributed by atoms with E-state index in [2.05, 4.69) is 15.9 Å². The Labute approximate surface area is 118 Å². The number of carbonyl (C=O) groups is 1. The summed E-state index contributed by atoms with van der Waals surface area (Å²) in [6, 6.07) is 10.1. The molecular weight excluding hydrogens is 314 g/mol. The molecule has 6 heteroatoms. The number of aromatic nitrogens is 1. The van der Waals surface area contributed by atoms with Gasteiger partial charge in [0.2, 0.25) is 11.8 Å². The van der Waals surface area contributed by atoms with Crippen LogP contribution in [-0.4, -0.2) is 20.9 Å². The van der Waals surface area contributed by atoms with Crippen LogP contribution in [0.25, 0.3) is 0 Å². The molecule has 5 nitrogen and oxygen atoms in total. The predicted octanol–water partition coefficient (Wildman–Crippen LogP) is 2.25. The number of hydrogen-bond donors (Lipinski definition) is 2. The van der Waals surface area contributed by atoms with E-state index in [1.54, 1.807) is 0 Å². The summed E-state index contributed by atoms with van der Waals surface area (Å²) in [6.45, 7) is 0. The van der Waals surface area contributed by atoms with E-state index in [0.29, 0.717) is 11.2 Å². The topological polar surface area (TPSA) is 71.7 Å². The summed E-state index contributed by atoms with van der Waals surface area (Å²) in [4.78, 5) is 16.4. The van der Waals surface area contributed by atoms with Gasteiger partial charge in [0.1, 0.15) is 0 Å². The summed E-state index contributed by atoms with van der Waals surface area (Å²) in [5, 5.41) is 18.6. The van der Waals surface area contributed by atoms with E-state index in [1.165, 1.54) is 12.1 Å². The quantitative estimate of drug-likeness (QED) is 0.904. The molecule has 2 N–H and O–H groups in total. The lowest BCUT2D eigenvalue weighted by molar-refractivity contribution is -0.145. The minimum absolute atomic E-state index is 0.151. The predicted molar refractivity (Wildman–Crippen MR) is 71.8 cm³/mol. The molecule has 19 heavy (non-hydrogen) atoms. The molecule has 0 fully saturated rings. The van der Waals surface area contributed by atoms with Gasteiger partial charge in [-0.3, -0.25) is 0 Å². The van der Waals surface area contributed by atoms with E-state index in [9.17, 15) is 15.0 Å². The Kier molecular flexibility index (Phi) is 4.11. The summed E-state index contributed by atoms with van der Waals surface area (Å²) in [7, 11) is 0. The van der Waals surface area contributed by atoms with Crippen molar-refractivity contribution in [1.82, 2.24) is 4.73 Å². The van der Waals surface area contributed by atoms with Gasteiger partial charge < -0.3 is 15.1 Å². The first-order valence-electron chi connectivity index (χ1n) is 5.61. The first kappa shape index (κ1) is 13.5. The van der Waals surface area contributed by atoms with Crippen LogP contribution < -0.4 is 4.84 Å². The second-order valence-corrected chi connectivity index (χ2v) is 4.85. The van der Waals surface area contributed by atoms with Gasteiger partial charge in [0.15, 0.2) is 0 Å². The maximum atomic E-state index is 11.6. The van der Waals surface area contributed by atoms with Crippen LogP contribution in [0.15, 0.2) is 40.9 Å². The Morgan fingerprint density at radius 3 is 2.26 bits per heavy atom. The van der Waals surface area contributed by atoms with E-state index >= 15 is 0 Å². The molecule has 0 spiro atoms. The molecule has 0 aliphatic rings. The molecular formula is C13H12BrNO4. The molecule has 1 heterocycles. The third-order valence-corrected chi connectivity index (χ3v) is 3.05. The Bertz CT molecular complexity index is 557. The lowest BCUT2D eigenvalue weighted by Gasteiger charge is -2.06. The van der Waals surface area contributed by atoms with E-state index in [1.807, 2.05) is 24.3 Å². The van der Waals surface area contributed by atoms with Gasteiger partial charge in [-0.05, 0) is 24.1 Å². The third-order valence-electron chi connectivity index (χ3n) is 2.52. The lowest BCUT2D eigenvalue weighted by atomic mass is 10.1. The van der Waals surface area contributed by atoms with E-state index in [-0.39, 0.29) is 18.2 Å². The van der Waals surface area contributed by atoms with Crippen molar-refractivity contribution in [3.05, 3.63) is 46.4 Å². The minimum atomic E-state index is -0.537. The number of nitrogens with zero attached hydrogens (tertiary/aromatic N) is 1. The Balaban J connectivity index is 1.90. The highest BCUT2D eigenvalue weighted by Crippen LogP contribution is 2.19. The number of hydrogen-bond acceptors (Lipinski definition) is 4. The standard InChI is InChI=1S/C13H12BrNO4/c14-10-4-1-9(2-5-10)3-8-13(18)19-15-11(16)6-7-12(15)17/h1-2,4-7,16-17H,3,8H2. The number of rotatable bonds is 4. The smallest absolute Gasteiger partial charge is 0.333 e. The van der Waals surface area contributed by atoms with Gasteiger partial charge in [-0.2, -0.15) is 0 Å². The summed E-state index contributed by atoms with van der Waals surface area (Å²) in [5.74, 6) is -1.19. The average molecular weight is 326 g/mol. The summed E-state index contributed by atoms with van der Waals surface area (Å²) in [6.07, 6.45) is 0.674. The van der Waals surface area contributed by atoms with E-state index in [0.717, 1.165) is 10.0 Å². The van der Waals surface area contributed by atoms with Gasteiger partial charge in [0.25, 0.3) is 0 Å². The number of aryl methyl sites for hydroxylation is 1. The van der Waals surface area contributed by atoms with Crippen molar-refractivity contribution in [2.45, 2.75) is 12.8 Å². The van der Waals surface area contributed by atoms with Crippen molar-refractivity contribution in [3.8, 4) is 11.8 Å². The van der Waals surface area contributed by atoms with E-state index in [4.69, 9.17) is 4.84 Å². The van der Waals surface area contributed by atoms with Gasteiger partial charge in [0, 0.05) is 16.6 Å². The normalized spacial score (nSPS) is 10.4. The van der Waals surface area contributed by atoms with Crippen LogP contribution in [0, 0.1) is 0 Å². The zero-order valence-corrected chi connectivity index (χ0v) is 11.5. The maximum absolute atomic E-state index is 11.6. The van der Waals surface area contributed by atoms with Crippen LogP contribution in [-0.2, 0) is 11.2 Å². The Morgan fingerprint density at radius 1 is 1.11 bits per heavy atom. The first-order chi connectivity index (χ1) is 9.06. The monoisotopic (exact) mass is 325 g/mol. The fourth-order valence-electron chi connectivity index (χ4n) is 1.54. The Morgan fingerprint density at radius 2 is 1.68 bits per heavy atom. The zero-order chi connectivity index (χ0) is 13.8. The number of halogens is 1. The lowest BCUT2D eigenvalue weighted by Crippen LogP contribution is -2.19. The van der Waals surface area contributed by atoms with Crippen LogP contribution >= 0.6 is 15.9 Å². The molecule has 2 aromatic rings. The largest absolute Gasteiger partial charge is 0.492 e. The second-order valence-electron chi connectivity index (χ2n) is 3.93. The van der Waals surface area contributed by atoms with Crippen molar-refractivity contribution in [2.24, 2.45) is 0 Å². The number of carbonyl (C=O) groups excluding carboxylic acids is 1. The van der Waals surface area contributed by atoms with Crippen LogP contribution in [0.3, 0.4) is 0 Å². The number of benzene rings is 1. The van der Waals surface area contributed by atoms with Gasteiger partial charge >= 0.3 is 5.97 Å². The number of aromatic hydroxyl groups is 2. The molecule has 0 atom stereocenters. The fraction of sp³-hybridized carbons (Fsp3) is 0.154. The molecule has 0 saturated carbocycles. The van der Waals surface area contributed by atoms with Crippen LogP contribution in [0.1, 0.15) is 12.0 Å². The minimum Gasteiger partial charge on any atom is -0.492 e. The highest BCUT2D eigenvalue weighted by atomic mass is 79.9. The summed E-state index contributed by atoms with van der Waals surface area (Å²) < 4.78 is 1.66. The third kappa shape index (κ3) is 3.51. The van der Waals surface area contributed by atoms with Crippen LogP contribution in [0.4, 0.5) is 0 Å². The molecule has 0 saturated heterocycles. The molecule has 2 rings (SSSR count). The van der Waals surface area contributed by atoms with Gasteiger partial charge in [0.05, 0.1) is 6.42 Å². The van der Waals surface area contributed by atoms with E-state index < -0.39 is 5.97 Å². The molecule has 0 radical (unpaired) electrons. The fourth-order valence-corrected chi connectivity index (χ4v) is 1.80. The molecule has 0 aliphatic carbocycles. The van der Waals surface area contributed by atoms with Crippen molar-refractivity contribution >= 4 is 21.9 Å². The molecule has 0 bridgehead atoms. The summed E-state index contributed by atoms with van der Waals surface area (Å²) in [5.41, 5.74) is 1.00. The zero-order valence-electron chi connectivity index (χ0n) is 9.91. The summed E-state index contributed by atoms with van der Waals surface area (Å²) >= 11 is 3.33. The first-order valence-corrected chi connectivity index (χ1v) is 6.41. The van der Waals surface area contributed by atoms with Gasteiger partial charge in [-0.25, -0.2) is 4.79 Å². The highest BCUT2D eigenvalue weighted by Gasteiger charge is 2.12. The van der Waals surface area contributed by atoms with Crippen LogP contribution in [0.5, 0.6) is 11.8 Å². The molecule has 100 valence electrons. The molecule has 0 unspecified atom stereocenters. The van der Waals surface area contributed by atoms with Crippen molar-refractivity contribution in [2.75, 3.05) is 0 Å². The Hall–Kier alpha value is -1.95.